The largest absolute Gasteiger partial charge is 0.497 e. The molecule has 2 bridgehead atoms. The van der Waals surface area contributed by atoms with Crippen LogP contribution in [0.4, 0.5) is 0 Å². The molecular formula is C51H75N5O9. The first-order chi connectivity index (χ1) is 30.7. The second-order valence-corrected chi connectivity index (χ2v) is 20.1. The highest BCUT2D eigenvalue weighted by Crippen LogP contribution is 2.33. The molecule has 65 heavy (non-hydrogen) atoms. The Morgan fingerprint density at radius 1 is 0.800 bits per heavy atom. The lowest BCUT2D eigenvalue weighted by atomic mass is 9.81. The van der Waals surface area contributed by atoms with Crippen LogP contribution in [-0.4, -0.2) is 137 Å². The van der Waals surface area contributed by atoms with E-state index in [9.17, 15) is 29.1 Å². The Kier molecular flexibility index (Phi) is 17.6. The third kappa shape index (κ3) is 12.7. The van der Waals surface area contributed by atoms with E-state index in [2.05, 4.69) is 5.32 Å². The van der Waals surface area contributed by atoms with Crippen molar-refractivity contribution in [3.8, 4) is 5.75 Å². The first-order valence-corrected chi connectivity index (χ1v) is 23.7. The highest BCUT2D eigenvalue weighted by molar-refractivity contribution is 5.96. The van der Waals surface area contributed by atoms with E-state index in [-0.39, 0.29) is 42.4 Å². The molecule has 14 nitrogen and oxygen atoms in total. The fraction of sp³-hybridized carbons (Fsp3) is 0.647. The standard InChI is InChI=1S/C51H75N5O9/c1-11-33(3)44-49(62)56-25-15-18-40(56)50(63)65-43(51(5,6)7)29-32(2)28-42(57)34(4)46(59)55-26-23-37(24-27-55)45(58)52-39(30-36-19-21-38(64-10)22-20-36)47(60)53(8)41(48(61)54(44)9)31-35-16-13-12-14-17-35/h12-14,16-17,19-22,32-34,37,39-44,57H,11,15,18,23-31H2,1-10H3,(H,52,58)/t32-,33-,34+,39-,40-,41+,42-,43-,44-/m0/s1. The van der Waals surface area contributed by atoms with Crippen LogP contribution in [0, 0.1) is 29.1 Å². The molecule has 14 heteroatoms. The summed E-state index contributed by atoms with van der Waals surface area (Å²) in [6, 6.07) is 12.7. The second kappa shape index (κ2) is 22.5. The Balaban J connectivity index is 1.56. The summed E-state index contributed by atoms with van der Waals surface area (Å²) in [5.41, 5.74) is 1.10. The summed E-state index contributed by atoms with van der Waals surface area (Å²) in [6.45, 7) is 14.5. The maximum absolute atomic E-state index is 15.2. The van der Waals surface area contributed by atoms with E-state index in [1.807, 2.05) is 84.0 Å². The van der Waals surface area contributed by atoms with Crippen molar-refractivity contribution in [2.24, 2.45) is 29.1 Å². The van der Waals surface area contributed by atoms with Gasteiger partial charge in [-0.1, -0.05) is 97.4 Å². The zero-order valence-corrected chi connectivity index (χ0v) is 40.5. The fourth-order valence-electron chi connectivity index (χ4n) is 9.64. The van der Waals surface area contributed by atoms with Gasteiger partial charge in [0.05, 0.1) is 19.1 Å². The molecule has 0 radical (unpaired) electrons. The van der Waals surface area contributed by atoms with E-state index in [4.69, 9.17) is 9.47 Å². The molecule has 0 saturated carbocycles. The Labute approximate surface area is 386 Å². The molecule has 4 fully saturated rings. The van der Waals surface area contributed by atoms with Gasteiger partial charge >= 0.3 is 5.97 Å². The van der Waals surface area contributed by atoms with Crippen LogP contribution in [0.25, 0.3) is 0 Å². The Morgan fingerprint density at radius 2 is 1.43 bits per heavy atom. The van der Waals surface area contributed by atoms with E-state index in [1.165, 1.54) is 9.80 Å². The van der Waals surface area contributed by atoms with Crippen LogP contribution in [0.1, 0.15) is 105 Å². The zero-order valence-electron chi connectivity index (χ0n) is 40.5. The lowest BCUT2D eigenvalue weighted by Gasteiger charge is -2.40. The first-order valence-electron chi connectivity index (χ1n) is 23.7. The first kappa shape index (κ1) is 51.0. The van der Waals surface area contributed by atoms with Crippen LogP contribution in [0.2, 0.25) is 0 Å². The van der Waals surface area contributed by atoms with Crippen molar-refractivity contribution < 1.29 is 43.3 Å². The summed E-state index contributed by atoms with van der Waals surface area (Å²) in [4.78, 5) is 93.4. The summed E-state index contributed by atoms with van der Waals surface area (Å²) in [6.07, 6.45) is 1.82. The van der Waals surface area contributed by atoms with Crippen molar-refractivity contribution in [1.82, 2.24) is 24.9 Å². The summed E-state index contributed by atoms with van der Waals surface area (Å²) in [5, 5.41) is 14.4. The number of rotatable bonds is 7. The molecule has 5 amide bonds. The summed E-state index contributed by atoms with van der Waals surface area (Å²) in [5.74, 6) is -3.27. The predicted octanol–water partition coefficient (Wildman–Crippen LogP) is 5.28. The van der Waals surface area contributed by atoms with Crippen LogP contribution in [0.3, 0.4) is 0 Å². The lowest BCUT2D eigenvalue weighted by Crippen LogP contribution is -2.60. The summed E-state index contributed by atoms with van der Waals surface area (Å²) in [7, 11) is 4.74. The molecule has 4 heterocycles. The number of aliphatic hydroxyl groups is 1. The number of likely N-dealkylation sites (N-methyl/N-ethyl adjacent to an activating group) is 2. The normalized spacial score (nSPS) is 29.2. The highest BCUT2D eigenvalue weighted by Gasteiger charge is 2.45. The molecule has 0 aromatic heterocycles. The van der Waals surface area contributed by atoms with Gasteiger partial charge in [0.1, 0.15) is 36.0 Å². The quantitative estimate of drug-likeness (QED) is 0.278. The van der Waals surface area contributed by atoms with Gasteiger partial charge in [0.2, 0.25) is 29.5 Å². The van der Waals surface area contributed by atoms with Gasteiger partial charge in [-0.05, 0) is 79.0 Å². The molecule has 2 aromatic rings. The molecule has 9 atom stereocenters. The molecule has 0 unspecified atom stereocenters. The minimum atomic E-state index is -1.07. The number of benzene rings is 2. The molecule has 6 rings (SSSR count). The van der Waals surface area contributed by atoms with Crippen molar-refractivity contribution >= 4 is 35.5 Å². The second-order valence-electron chi connectivity index (χ2n) is 20.1. The third-order valence-electron chi connectivity index (χ3n) is 14.2. The molecule has 4 aliphatic rings. The van der Waals surface area contributed by atoms with Crippen molar-refractivity contribution in [2.75, 3.05) is 40.8 Å². The van der Waals surface area contributed by atoms with Gasteiger partial charge in [-0.2, -0.15) is 0 Å². The molecule has 0 aliphatic carbocycles. The Hall–Kier alpha value is -4.98. The fourth-order valence-corrected chi connectivity index (χ4v) is 9.64. The van der Waals surface area contributed by atoms with E-state index in [0.717, 1.165) is 11.1 Å². The monoisotopic (exact) mass is 902 g/mol. The number of nitrogens with one attached hydrogen (secondary N) is 1. The van der Waals surface area contributed by atoms with Gasteiger partial charge < -0.3 is 39.5 Å². The number of carbonyl (C=O) groups excluding carboxylic acids is 6. The minimum Gasteiger partial charge on any atom is -0.497 e. The van der Waals surface area contributed by atoms with E-state index in [1.54, 1.807) is 50.1 Å². The smallest absolute Gasteiger partial charge is 0.329 e. The maximum atomic E-state index is 15.2. The third-order valence-corrected chi connectivity index (χ3v) is 14.2. The molecule has 2 N–H and O–H groups in total. The number of aliphatic hydroxyl groups excluding tert-OH is 1. The number of hydrogen-bond donors (Lipinski definition) is 2. The summed E-state index contributed by atoms with van der Waals surface area (Å²) >= 11 is 0. The number of carbonyl (C=O) groups is 6. The van der Waals surface area contributed by atoms with E-state index < -0.39 is 71.4 Å². The lowest BCUT2D eigenvalue weighted by molar-refractivity contribution is -0.166. The predicted molar refractivity (Wildman–Crippen MR) is 248 cm³/mol. The van der Waals surface area contributed by atoms with Gasteiger partial charge in [-0.25, -0.2) is 4.79 Å². The topological polar surface area (TPSA) is 166 Å². The number of amides is 5. The Morgan fingerprint density at radius 3 is 2.03 bits per heavy atom. The van der Waals surface area contributed by atoms with Crippen molar-refractivity contribution in [3.63, 3.8) is 0 Å². The van der Waals surface area contributed by atoms with Crippen LogP contribution in [0.15, 0.2) is 54.6 Å². The van der Waals surface area contributed by atoms with E-state index >= 15 is 4.79 Å². The molecule has 358 valence electrons. The molecule has 0 spiro atoms. The number of methoxy groups -OCH3 is 1. The average molecular weight is 902 g/mol. The highest BCUT2D eigenvalue weighted by atomic mass is 16.5. The van der Waals surface area contributed by atoms with Gasteiger partial charge in [-0.15, -0.1) is 0 Å². The van der Waals surface area contributed by atoms with Gasteiger partial charge in [0.15, 0.2) is 0 Å². The number of nitrogens with zero attached hydrogens (tertiary/aromatic N) is 4. The van der Waals surface area contributed by atoms with E-state index in [0.29, 0.717) is 70.3 Å². The molecule has 4 saturated heterocycles. The van der Waals surface area contributed by atoms with Gasteiger partial charge in [0, 0.05) is 52.5 Å². The van der Waals surface area contributed by atoms with Crippen LogP contribution >= 0.6 is 0 Å². The number of fused-ring (bicyclic) bond motifs is 19. The average Bonchev–Trinajstić information content (AvgIpc) is 3.79. The van der Waals surface area contributed by atoms with Crippen LogP contribution in [-0.2, 0) is 46.3 Å². The number of esters is 1. The molecular weight excluding hydrogens is 827 g/mol. The van der Waals surface area contributed by atoms with Gasteiger partial charge in [-0.3, -0.25) is 24.0 Å². The Bertz CT molecular complexity index is 1950. The number of hydrogen-bond acceptors (Lipinski definition) is 9. The van der Waals surface area contributed by atoms with Crippen LogP contribution < -0.4 is 10.1 Å². The number of ether oxygens (including phenoxy) is 2. The maximum Gasteiger partial charge on any atom is 0.329 e. The number of piperidine rings is 1. The van der Waals surface area contributed by atoms with Gasteiger partial charge in [0.25, 0.3) is 0 Å². The van der Waals surface area contributed by atoms with Crippen LogP contribution in [0.5, 0.6) is 5.75 Å². The molecule has 2 aromatic carbocycles. The molecule has 4 aliphatic heterocycles. The summed E-state index contributed by atoms with van der Waals surface area (Å²) < 4.78 is 11.7. The van der Waals surface area contributed by atoms with Crippen molar-refractivity contribution in [3.05, 3.63) is 65.7 Å². The minimum absolute atomic E-state index is 0.118. The van der Waals surface area contributed by atoms with Crippen molar-refractivity contribution in [2.45, 2.75) is 143 Å². The SMILES string of the molecule is CC[C@H](C)[C@H]1C(=O)N2CCC[C@H]2C(=O)O[C@H](C(C)(C)C)C[C@@H](C)C[C@H](O)[C@@H](C)C(=O)N2CCC(CC2)C(=O)N[C@@H](Cc2ccc(OC)cc2)C(=O)N(C)[C@H](Cc2ccccc2)C(=O)N1C. The zero-order chi connectivity index (χ0) is 47.7. The van der Waals surface area contributed by atoms with Crippen molar-refractivity contribution in [1.29, 1.82) is 0 Å².